The van der Waals surface area contributed by atoms with Gasteiger partial charge in [-0.2, -0.15) is 5.26 Å². The third-order valence-electron chi connectivity index (χ3n) is 5.62. The quantitative estimate of drug-likeness (QED) is 0.614. The predicted molar refractivity (Wildman–Crippen MR) is 108 cm³/mol. The van der Waals surface area contributed by atoms with Crippen LogP contribution in [0.15, 0.2) is 60.7 Å². The maximum Gasteiger partial charge on any atom is 0.105 e. The lowest BCUT2D eigenvalue weighted by atomic mass is 9.98. The van der Waals surface area contributed by atoms with Crippen molar-refractivity contribution < 1.29 is 4.39 Å². The molecule has 0 saturated carbocycles. The van der Waals surface area contributed by atoms with Crippen LogP contribution in [0.25, 0.3) is 21.9 Å². The van der Waals surface area contributed by atoms with E-state index < -0.39 is 0 Å². The second kappa shape index (κ2) is 7.90. The first-order valence-electron chi connectivity index (χ1n) is 9.60. The Morgan fingerprint density at radius 1 is 0.963 bits per heavy atom. The summed E-state index contributed by atoms with van der Waals surface area (Å²) < 4.78 is 13.0. The lowest BCUT2D eigenvalue weighted by Gasteiger charge is -2.21. The zero-order valence-electron chi connectivity index (χ0n) is 15.4. The average Bonchev–Trinajstić information content (AvgIpc) is 3.19. The van der Waals surface area contributed by atoms with Crippen LogP contribution in [0.4, 0.5) is 4.39 Å². The number of nitrogens with zero attached hydrogens (tertiary/aromatic N) is 2. The molecule has 1 saturated heterocycles. The van der Waals surface area contributed by atoms with Crippen molar-refractivity contribution in [3.8, 4) is 17.2 Å². The predicted octanol–water partition coefficient (Wildman–Crippen LogP) is 5.35. The summed E-state index contributed by atoms with van der Waals surface area (Å²) in [6, 6.07) is 23.1. The molecule has 3 aromatic rings. The molecule has 27 heavy (non-hydrogen) atoms. The molecule has 136 valence electrons. The SMILES string of the molecule is N#Cc1ccc(-c2ccc3cc(CCN4CCC[C@H]4CF)ccc3c2)cc1. The highest BCUT2D eigenvalue weighted by Crippen LogP contribution is 2.26. The highest BCUT2D eigenvalue weighted by atomic mass is 19.1. The van der Waals surface area contributed by atoms with Crippen LogP contribution in [-0.2, 0) is 6.42 Å². The van der Waals surface area contributed by atoms with Crippen LogP contribution in [0.1, 0.15) is 24.0 Å². The minimum atomic E-state index is -0.226. The van der Waals surface area contributed by atoms with E-state index in [0.29, 0.717) is 5.56 Å². The Balaban J connectivity index is 1.50. The summed E-state index contributed by atoms with van der Waals surface area (Å²) >= 11 is 0. The van der Waals surface area contributed by atoms with E-state index in [9.17, 15) is 4.39 Å². The van der Waals surface area contributed by atoms with Gasteiger partial charge in [-0.25, -0.2) is 4.39 Å². The van der Waals surface area contributed by atoms with E-state index in [4.69, 9.17) is 5.26 Å². The Morgan fingerprint density at radius 3 is 2.48 bits per heavy atom. The van der Waals surface area contributed by atoms with Gasteiger partial charge >= 0.3 is 0 Å². The molecule has 3 heteroatoms. The second-order valence-corrected chi connectivity index (χ2v) is 7.32. The largest absolute Gasteiger partial charge is 0.297 e. The molecule has 1 aliphatic rings. The van der Waals surface area contributed by atoms with Crippen LogP contribution in [-0.4, -0.2) is 30.7 Å². The first kappa shape index (κ1) is 17.7. The van der Waals surface area contributed by atoms with Crippen molar-refractivity contribution >= 4 is 10.8 Å². The van der Waals surface area contributed by atoms with Crippen molar-refractivity contribution in [2.75, 3.05) is 19.8 Å². The second-order valence-electron chi connectivity index (χ2n) is 7.32. The summed E-state index contributed by atoms with van der Waals surface area (Å²) in [7, 11) is 0. The van der Waals surface area contributed by atoms with E-state index in [1.54, 1.807) is 0 Å². The van der Waals surface area contributed by atoms with E-state index in [-0.39, 0.29) is 12.7 Å². The Bertz CT molecular complexity index is 972. The van der Waals surface area contributed by atoms with Crippen molar-refractivity contribution in [2.24, 2.45) is 0 Å². The summed E-state index contributed by atoms with van der Waals surface area (Å²) in [6.45, 7) is 1.73. The van der Waals surface area contributed by atoms with Crippen molar-refractivity contribution in [3.05, 3.63) is 71.8 Å². The number of nitriles is 1. The Hall–Kier alpha value is -2.70. The van der Waals surface area contributed by atoms with Gasteiger partial charge in [0.2, 0.25) is 0 Å². The zero-order valence-corrected chi connectivity index (χ0v) is 15.4. The van der Waals surface area contributed by atoms with Crippen LogP contribution >= 0.6 is 0 Å². The fourth-order valence-corrected chi connectivity index (χ4v) is 4.00. The van der Waals surface area contributed by atoms with E-state index in [1.807, 2.05) is 24.3 Å². The lowest BCUT2D eigenvalue weighted by Crippen LogP contribution is -2.32. The van der Waals surface area contributed by atoms with Gasteiger partial charge in [0.05, 0.1) is 11.6 Å². The molecule has 1 atom stereocenters. The number of halogens is 1. The Labute approximate surface area is 159 Å². The van der Waals surface area contributed by atoms with Gasteiger partial charge in [-0.1, -0.05) is 42.5 Å². The number of rotatable bonds is 5. The molecule has 4 rings (SSSR count). The minimum absolute atomic E-state index is 0.125. The van der Waals surface area contributed by atoms with E-state index in [1.165, 1.54) is 16.3 Å². The van der Waals surface area contributed by atoms with Crippen molar-refractivity contribution in [1.29, 1.82) is 5.26 Å². The standard InChI is InChI=1S/C24H23FN2/c25-16-24-2-1-12-27(24)13-11-18-3-8-23-15-22(10-9-21(23)14-18)20-6-4-19(17-26)5-7-20/h3-10,14-15,24H,1-2,11-13,16H2/t24-/m0/s1. The van der Waals surface area contributed by atoms with Crippen LogP contribution in [0.3, 0.4) is 0 Å². The van der Waals surface area contributed by atoms with Crippen LogP contribution in [0.5, 0.6) is 0 Å². The molecule has 0 aliphatic carbocycles. The molecule has 0 unspecified atom stereocenters. The van der Waals surface area contributed by atoms with Crippen molar-refractivity contribution in [2.45, 2.75) is 25.3 Å². The number of likely N-dealkylation sites (tertiary alicyclic amines) is 1. The fourth-order valence-electron chi connectivity index (χ4n) is 4.00. The highest BCUT2D eigenvalue weighted by molar-refractivity contribution is 5.87. The van der Waals surface area contributed by atoms with E-state index >= 15 is 0 Å². The molecule has 2 nitrogen and oxygen atoms in total. The first-order valence-corrected chi connectivity index (χ1v) is 9.60. The Kier molecular flexibility index (Phi) is 5.18. The molecule has 0 aromatic heterocycles. The molecule has 1 heterocycles. The van der Waals surface area contributed by atoms with Crippen molar-refractivity contribution in [3.63, 3.8) is 0 Å². The molecule has 3 aromatic carbocycles. The molecular formula is C24H23FN2. The average molecular weight is 358 g/mol. The monoisotopic (exact) mass is 358 g/mol. The molecule has 0 bridgehead atoms. The van der Waals surface area contributed by atoms with Crippen LogP contribution in [0.2, 0.25) is 0 Å². The highest BCUT2D eigenvalue weighted by Gasteiger charge is 2.23. The summed E-state index contributed by atoms with van der Waals surface area (Å²) in [5.74, 6) is 0. The van der Waals surface area contributed by atoms with Gasteiger partial charge in [-0.15, -0.1) is 0 Å². The molecule has 0 N–H and O–H groups in total. The van der Waals surface area contributed by atoms with Gasteiger partial charge in [-0.05, 0) is 71.5 Å². The van der Waals surface area contributed by atoms with E-state index in [2.05, 4.69) is 47.4 Å². The number of benzene rings is 3. The van der Waals surface area contributed by atoms with Gasteiger partial charge in [0.25, 0.3) is 0 Å². The third-order valence-corrected chi connectivity index (χ3v) is 5.62. The van der Waals surface area contributed by atoms with Crippen LogP contribution < -0.4 is 0 Å². The summed E-state index contributed by atoms with van der Waals surface area (Å²) in [4.78, 5) is 2.29. The summed E-state index contributed by atoms with van der Waals surface area (Å²) in [5.41, 5.74) is 4.25. The first-order chi connectivity index (χ1) is 13.3. The van der Waals surface area contributed by atoms with Gasteiger partial charge in [0.1, 0.15) is 6.67 Å². The molecule has 0 radical (unpaired) electrons. The smallest absolute Gasteiger partial charge is 0.105 e. The Morgan fingerprint density at radius 2 is 1.70 bits per heavy atom. The van der Waals surface area contributed by atoms with Crippen molar-refractivity contribution in [1.82, 2.24) is 4.90 Å². The number of alkyl halides is 1. The zero-order chi connectivity index (χ0) is 18.6. The number of hydrogen-bond acceptors (Lipinski definition) is 2. The van der Waals surface area contributed by atoms with Gasteiger partial charge < -0.3 is 0 Å². The summed E-state index contributed by atoms with van der Waals surface area (Å²) in [6.07, 6.45) is 3.07. The number of fused-ring (bicyclic) bond motifs is 1. The minimum Gasteiger partial charge on any atom is -0.297 e. The maximum atomic E-state index is 13.0. The van der Waals surface area contributed by atoms with Gasteiger partial charge in [-0.3, -0.25) is 4.90 Å². The van der Waals surface area contributed by atoms with Gasteiger partial charge in [0, 0.05) is 12.6 Å². The summed E-state index contributed by atoms with van der Waals surface area (Å²) in [5, 5.41) is 11.4. The maximum absolute atomic E-state index is 13.0. The third kappa shape index (κ3) is 3.86. The molecule has 1 aliphatic heterocycles. The normalized spacial score (nSPS) is 17.3. The number of hydrogen-bond donors (Lipinski definition) is 0. The lowest BCUT2D eigenvalue weighted by molar-refractivity contribution is 0.217. The molecule has 0 amide bonds. The fraction of sp³-hybridized carbons (Fsp3) is 0.292. The van der Waals surface area contributed by atoms with Gasteiger partial charge in [0.15, 0.2) is 0 Å². The van der Waals surface area contributed by atoms with Crippen LogP contribution in [0, 0.1) is 11.3 Å². The molecule has 1 fully saturated rings. The molecule has 0 spiro atoms. The molecular weight excluding hydrogens is 335 g/mol. The van der Waals surface area contributed by atoms with E-state index in [0.717, 1.165) is 43.5 Å². The topological polar surface area (TPSA) is 27.0 Å².